The maximum Gasteiger partial charge on any atom is 0.271 e. The van der Waals surface area contributed by atoms with Crippen LogP contribution in [-0.2, 0) is 13.0 Å². The fraction of sp³-hybridized carbons (Fsp3) is 0.105. The molecule has 8 rings (SSSR count). The molecular formula is C38H27BrN2O2S. The molecule has 1 aliphatic heterocycles. The Morgan fingerprint density at radius 2 is 1.64 bits per heavy atom. The minimum absolute atomic E-state index is 0.0108. The normalized spacial score (nSPS) is 15.8. The van der Waals surface area contributed by atoms with Crippen LogP contribution in [0.3, 0.4) is 0 Å². The van der Waals surface area contributed by atoms with Gasteiger partial charge < -0.3 is 4.74 Å². The summed E-state index contributed by atoms with van der Waals surface area (Å²) in [6, 6.07) is 39.2. The van der Waals surface area contributed by atoms with Gasteiger partial charge in [-0.15, -0.1) is 0 Å². The number of benzene rings is 5. The van der Waals surface area contributed by atoms with Gasteiger partial charge in [0, 0.05) is 10.0 Å². The molecule has 4 nitrogen and oxygen atoms in total. The van der Waals surface area contributed by atoms with Gasteiger partial charge in [-0.3, -0.25) is 9.36 Å². The third-order valence-corrected chi connectivity index (χ3v) is 10.0. The van der Waals surface area contributed by atoms with Crippen LogP contribution in [0.2, 0.25) is 0 Å². The molecule has 0 spiro atoms. The van der Waals surface area contributed by atoms with Gasteiger partial charge in [-0.05, 0) is 81.8 Å². The summed E-state index contributed by atoms with van der Waals surface area (Å²) in [5, 5.41) is 2.41. The highest BCUT2D eigenvalue weighted by Crippen LogP contribution is 2.41. The number of rotatable bonds is 5. The number of hydrogen-bond donors (Lipinski definition) is 0. The van der Waals surface area contributed by atoms with Crippen LogP contribution in [0.25, 0.3) is 22.5 Å². The van der Waals surface area contributed by atoms with Crippen molar-refractivity contribution in [2.45, 2.75) is 25.5 Å². The van der Waals surface area contributed by atoms with E-state index in [4.69, 9.17) is 9.73 Å². The highest BCUT2D eigenvalue weighted by atomic mass is 79.9. The second-order valence-corrected chi connectivity index (χ2v) is 13.1. The van der Waals surface area contributed by atoms with E-state index in [0.29, 0.717) is 11.1 Å². The average molecular weight is 656 g/mol. The first-order valence-electron chi connectivity index (χ1n) is 14.7. The molecule has 5 aromatic carbocycles. The highest BCUT2D eigenvalue weighted by molar-refractivity contribution is 9.10. The SMILES string of the molecule is O=c1/c(=C\c2ccc(OCc3cccc4ccccc34)cc2)sc2n1[C@@H](c1ccc(Br)cc1)C1=C(N=2)c2ccccc2CC1. The highest BCUT2D eigenvalue weighted by Gasteiger charge is 2.32. The molecule has 0 saturated carbocycles. The third kappa shape index (κ3) is 4.84. The zero-order valence-corrected chi connectivity index (χ0v) is 26.1. The van der Waals surface area contributed by atoms with Gasteiger partial charge in [0.25, 0.3) is 5.56 Å². The van der Waals surface area contributed by atoms with Crippen LogP contribution in [0.1, 0.15) is 40.3 Å². The minimum atomic E-state index is -0.185. The van der Waals surface area contributed by atoms with Crippen molar-refractivity contribution in [2.24, 2.45) is 4.99 Å². The first-order chi connectivity index (χ1) is 21.6. The fourth-order valence-corrected chi connectivity index (χ4v) is 7.62. The standard InChI is InChI=1S/C38H27BrN2O2S/c39-29-17-14-27(15-18-29)36-33-21-16-26-7-2-4-11-32(26)35(33)40-38-41(36)37(42)34(44-38)22-24-12-19-30(20-13-24)43-23-28-9-5-8-25-6-1-3-10-31(25)28/h1-15,17-20,22,36H,16,21,23H2/b34-22+/t36-/m0/s1. The summed E-state index contributed by atoms with van der Waals surface area (Å²) in [7, 11) is 0. The van der Waals surface area contributed by atoms with Crippen LogP contribution in [0, 0.1) is 0 Å². The lowest BCUT2D eigenvalue weighted by atomic mass is 9.83. The van der Waals surface area contributed by atoms with Gasteiger partial charge in [0.05, 0.1) is 16.3 Å². The van der Waals surface area contributed by atoms with Crippen molar-refractivity contribution < 1.29 is 4.74 Å². The van der Waals surface area contributed by atoms with E-state index in [1.165, 1.54) is 38.8 Å². The molecule has 44 heavy (non-hydrogen) atoms. The number of thiazole rings is 1. The van der Waals surface area contributed by atoms with Crippen molar-refractivity contribution in [1.29, 1.82) is 0 Å². The Morgan fingerprint density at radius 1 is 0.864 bits per heavy atom. The molecule has 214 valence electrons. The smallest absolute Gasteiger partial charge is 0.271 e. The first kappa shape index (κ1) is 27.1. The van der Waals surface area contributed by atoms with Crippen molar-refractivity contribution in [3.63, 3.8) is 0 Å². The fourth-order valence-electron chi connectivity index (χ4n) is 6.36. The maximum absolute atomic E-state index is 14.0. The van der Waals surface area contributed by atoms with Gasteiger partial charge in [-0.25, -0.2) is 4.99 Å². The average Bonchev–Trinajstić information content (AvgIpc) is 3.37. The van der Waals surface area contributed by atoms with Crippen molar-refractivity contribution in [2.75, 3.05) is 0 Å². The van der Waals surface area contributed by atoms with Crippen LogP contribution >= 0.6 is 27.3 Å². The van der Waals surface area contributed by atoms with Crippen molar-refractivity contribution >= 4 is 49.8 Å². The number of ether oxygens (including phenoxy) is 1. The number of aryl methyl sites for hydroxylation is 1. The van der Waals surface area contributed by atoms with Crippen LogP contribution in [0.5, 0.6) is 5.75 Å². The Balaban J connectivity index is 1.15. The number of halogens is 1. The molecule has 0 radical (unpaired) electrons. The maximum atomic E-state index is 14.0. The first-order valence-corrected chi connectivity index (χ1v) is 16.3. The molecule has 0 unspecified atom stereocenters. The predicted octanol–water partition coefficient (Wildman–Crippen LogP) is 7.81. The predicted molar refractivity (Wildman–Crippen MR) is 182 cm³/mol. The van der Waals surface area contributed by atoms with E-state index in [2.05, 4.69) is 94.8 Å². The zero-order chi connectivity index (χ0) is 29.6. The van der Waals surface area contributed by atoms with Gasteiger partial charge in [0.15, 0.2) is 4.80 Å². The van der Waals surface area contributed by atoms with Gasteiger partial charge in [0.1, 0.15) is 12.4 Å². The Morgan fingerprint density at radius 3 is 2.50 bits per heavy atom. The number of nitrogens with zero attached hydrogens (tertiary/aromatic N) is 2. The summed E-state index contributed by atoms with van der Waals surface area (Å²) >= 11 is 5.03. The van der Waals surface area contributed by atoms with Crippen molar-refractivity contribution in [1.82, 2.24) is 4.57 Å². The largest absolute Gasteiger partial charge is 0.489 e. The monoisotopic (exact) mass is 654 g/mol. The molecule has 1 atom stereocenters. The topological polar surface area (TPSA) is 43.6 Å². The van der Waals surface area contributed by atoms with E-state index in [1.54, 1.807) is 0 Å². The summed E-state index contributed by atoms with van der Waals surface area (Å²) in [5.41, 5.74) is 7.89. The van der Waals surface area contributed by atoms with Gasteiger partial charge in [0.2, 0.25) is 0 Å². The van der Waals surface area contributed by atoms with E-state index in [1.807, 2.05) is 47.0 Å². The molecule has 0 N–H and O–H groups in total. The number of fused-ring (bicyclic) bond motifs is 4. The molecule has 1 aliphatic carbocycles. The quantitative estimate of drug-likeness (QED) is 0.190. The van der Waals surface area contributed by atoms with Crippen LogP contribution in [0.15, 0.2) is 135 Å². The summed E-state index contributed by atoms with van der Waals surface area (Å²) in [6.07, 6.45) is 3.78. The lowest BCUT2D eigenvalue weighted by molar-refractivity contribution is 0.307. The summed E-state index contributed by atoms with van der Waals surface area (Å²) in [6.45, 7) is 0.489. The molecule has 6 aromatic rings. The Labute approximate surface area is 267 Å². The van der Waals surface area contributed by atoms with E-state index >= 15 is 0 Å². The van der Waals surface area contributed by atoms with Crippen LogP contribution < -0.4 is 19.6 Å². The third-order valence-electron chi connectivity index (χ3n) is 8.51. The molecule has 0 saturated heterocycles. The van der Waals surface area contributed by atoms with E-state index in [9.17, 15) is 4.79 Å². The lowest BCUT2D eigenvalue weighted by Gasteiger charge is -2.30. The van der Waals surface area contributed by atoms with E-state index in [-0.39, 0.29) is 11.6 Å². The molecule has 1 aromatic heterocycles. The second kappa shape index (κ2) is 11.2. The lowest BCUT2D eigenvalue weighted by Crippen LogP contribution is -2.38. The van der Waals surface area contributed by atoms with E-state index in [0.717, 1.165) is 50.3 Å². The second-order valence-electron chi connectivity index (χ2n) is 11.2. The summed E-state index contributed by atoms with van der Waals surface area (Å²) in [5.74, 6) is 0.790. The molecular weight excluding hydrogens is 628 g/mol. The molecule has 6 heteroatoms. The Hall–Kier alpha value is -4.52. The molecule has 2 heterocycles. The minimum Gasteiger partial charge on any atom is -0.489 e. The van der Waals surface area contributed by atoms with Crippen molar-refractivity contribution in [3.05, 3.63) is 173 Å². The molecule has 0 bridgehead atoms. The molecule has 0 fully saturated rings. The van der Waals surface area contributed by atoms with Gasteiger partial charge in [-0.2, -0.15) is 0 Å². The summed E-state index contributed by atoms with van der Waals surface area (Å²) in [4.78, 5) is 19.9. The van der Waals surface area contributed by atoms with E-state index < -0.39 is 0 Å². The molecule has 2 aliphatic rings. The van der Waals surface area contributed by atoms with Crippen LogP contribution in [-0.4, -0.2) is 4.57 Å². The van der Waals surface area contributed by atoms with Crippen LogP contribution in [0.4, 0.5) is 0 Å². The van der Waals surface area contributed by atoms with Crippen molar-refractivity contribution in [3.8, 4) is 5.75 Å². The Kier molecular flexibility index (Phi) is 6.89. The van der Waals surface area contributed by atoms with Gasteiger partial charge >= 0.3 is 0 Å². The number of allylic oxidation sites excluding steroid dienone is 1. The Bertz CT molecular complexity index is 2260. The van der Waals surface area contributed by atoms with Gasteiger partial charge in [-0.1, -0.05) is 118 Å². The zero-order valence-electron chi connectivity index (χ0n) is 23.7. The number of hydrogen-bond acceptors (Lipinski definition) is 4. The summed E-state index contributed by atoms with van der Waals surface area (Å²) < 4.78 is 9.73. The number of aromatic nitrogens is 1. The molecule has 0 amide bonds.